The number of pyridine rings is 1. The fraction of sp³-hybridized carbons (Fsp3) is 0.381. The Balaban J connectivity index is 0.000000755. The Labute approximate surface area is 169 Å². The predicted molar refractivity (Wildman–Crippen MR) is 109 cm³/mol. The van der Waals surface area contributed by atoms with Crippen molar-refractivity contribution in [2.45, 2.75) is 25.2 Å². The lowest BCUT2D eigenvalue weighted by Gasteiger charge is -2.29. The summed E-state index contributed by atoms with van der Waals surface area (Å²) in [6.45, 7) is 1.82. The van der Waals surface area contributed by atoms with E-state index < -0.39 is 0 Å². The lowest BCUT2D eigenvalue weighted by Crippen LogP contribution is -2.25. The molecule has 1 unspecified atom stereocenters. The van der Waals surface area contributed by atoms with Gasteiger partial charge in [-0.3, -0.25) is 9.59 Å². The number of amides is 1. The van der Waals surface area contributed by atoms with Crippen molar-refractivity contribution in [2.24, 2.45) is 0 Å². The monoisotopic (exact) mass is 399 g/mol. The second kappa shape index (κ2) is 9.27. The smallest absolute Gasteiger partial charge is 0.290 e. The van der Waals surface area contributed by atoms with Gasteiger partial charge in [0.1, 0.15) is 5.75 Å². The standard InChI is InChI=1S/C20H23N3O3.CH2O2/c1-25-18-12-16-15(10-17(18)23-7-3-4-8-23)14(11-19(24)22-16)13-5-6-21-20(9-13)26-2;2-1-3/h5-6,9-10,12,14H,3-4,7-8,11H2,1-2H3,(H,22,24);1H,(H,2,3). The SMILES string of the molecule is COc1cc(C2CC(=O)Nc3cc(OC)c(N4CCCC4)cc32)ccn1.O=CO. The van der Waals surface area contributed by atoms with Crippen LogP contribution in [0.15, 0.2) is 30.5 Å². The van der Waals surface area contributed by atoms with E-state index in [1.54, 1.807) is 20.4 Å². The Kier molecular flexibility index (Phi) is 6.54. The van der Waals surface area contributed by atoms with E-state index in [4.69, 9.17) is 19.4 Å². The molecule has 1 aromatic carbocycles. The Morgan fingerprint density at radius 3 is 2.59 bits per heavy atom. The molecule has 2 N–H and O–H groups in total. The first-order chi connectivity index (χ1) is 14.1. The van der Waals surface area contributed by atoms with Crippen molar-refractivity contribution in [1.82, 2.24) is 4.98 Å². The molecule has 1 aromatic heterocycles. The molecule has 3 heterocycles. The highest BCUT2D eigenvalue weighted by Crippen LogP contribution is 2.44. The zero-order chi connectivity index (χ0) is 20.8. The minimum atomic E-state index is -0.250. The molecule has 8 nitrogen and oxygen atoms in total. The second-order valence-corrected chi connectivity index (χ2v) is 6.85. The first kappa shape index (κ1) is 20.4. The fourth-order valence-corrected chi connectivity index (χ4v) is 3.90. The van der Waals surface area contributed by atoms with E-state index >= 15 is 0 Å². The molecule has 1 fully saturated rings. The van der Waals surface area contributed by atoms with Crippen LogP contribution in [0.3, 0.4) is 0 Å². The van der Waals surface area contributed by atoms with Gasteiger partial charge in [0, 0.05) is 49.4 Å². The molecule has 1 atom stereocenters. The third kappa shape index (κ3) is 4.42. The van der Waals surface area contributed by atoms with Crippen molar-refractivity contribution >= 4 is 23.8 Å². The fourth-order valence-electron chi connectivity index (χ4n) is 3.90. The largest absolute Gasteiger partial charge is 0.495 e. The van der Waals surface area contributed by atoms with Gasteiger partial charge in [-0.1, -0.05) is 0 Å². The summed E-state index contributed by atoms with van der Waals surface area (Å²) in [5, 5.41) is 9.89. The number of ether oxygens (including phenoxy) is 2. The van der Waals surface area contributed by atoms with E-state index in [9.17, 15) is 4.79 Å². The van der Waals surface area contributed by atoms with Crippen LogP contribution >= 0.6 is 0 Å². The molecule has 0 bridgehead atoms. The van der Waals surface area contributed by atoms with Crippen LogP contribution in [0, 0.1) is 0 Å². The maximum Gasteiger partial charge on any atom is 0.290 e. The number of aromatic nitrogens is 1. The molecule has 1 saturated heterocycles. The first-order valence-electron chi connectivity index (χ1n) is 9.45. The summed E-state index contributed by atoms with van der Waals surface area (Å²) in [4.78, 5) is 27.2. The van der Waals surface area contributed by atoms with Gasteiger partial charge in [-0.05, 0) is 36.1 Å². The van der Waals surface area contributed by atoms with Crippen LogP contribution in [0.1, 0.15) is 36.3 Å². The van der Waals surface area contributed by atoms with E-state index in [-0.39, 0.29) is 18.3 Å². The molecule has 1 amide bonds. The number of carboxylic acid groups (broad SMARTS) is 1. The number of rotatable bonds is 4. The number of anilines is 2. The Morgan fingerprint density at radius 2 is 1.93 bits per heavy atom. The normalized spacial score (nSPS) is 17.5. The van der Waals surface area contributed by atoms with E-state index in [1.807, 2.05) is 18.2 Å². The quantitative estimate of drug-likeness (QED) is 0.763. The lowest BCUT2D eigenvalue weighted by molar-refractivity contribution is -0.123. The van der Waals surface area contributed by atoms with Crippen molar-refractivity contribution in [2.75, 3.05) is 37.5 Å². The van der Waals surface area contributed by atoms with Crippen molar-refractivity contribution in [3.63, 3.8) is 0 Å². The average molecular weight is 399 g/mol. The van der Waals surface area contributed by atoms with E-state index in [2.05, 4.69) is 21.3 Å². The summed E-state index contributed by atoms with van der Waals surface area (Å²) in [5.41, 5.74) is 4.07. The molecular formula is C21H25N3O5. The number of benzene rings is 1. The van der Waals surface area contributed by atoms with Gasteiger partial charge in [-0.25, -0.2) is 4.98 Å². The minimum Gasteiger partial charge on any atom is -0.495 e. The number of fused-ring (bicyclic) bond motifs is 1. The van der Waals surface area contributed by atoms with Gasteiger partial charge in [-0.2, -0.15) is 0 Å². The zero-order valence-electron chi connectivity index (χ0n) is 16.6. The number of nitrogens with zero attached hydrogens (tertiary/aromatic N) is 2. The van der Waals surface area contributed by atoms with E-state index in [1.165, 1.54) is 12.8 Å². The highest BCUT2D eigenvalue weighted by atomic mass is 16.5. The van der Waals surface area contributed by atoms with Crippen LogP contribution in [-0.4, -0.2) is 49.8 Å². The van der Waals surface area contributed by atoms with Gasteiger partial charge in [0.05, 0.1) is 19.9 Å². The number of carbonyl (C=O) groups is 2. The maximum atomic E-state index is 12.3. The van der Waals surface area contributed by atoms with Crippen LogP contribution in [0.25, 0.3) is 0 Å². The highest BCUT2D eigenvalue weighted by molar-refractivity contribution is 5.96. The average Bonchev–Trinajstić information content (AvgIpc) is 3.27. The van der Waals surface area contributed by atoms with Gasteiger partial charge in [-0.15, -0.1) is 0 Å². The number of hydrogen-bond acceptors (Lipinski definition) is 6. The Hall–Kier alpha value is -3.29. The van der Waals surface area contributed by atoms with Crippen LogP contribution in [-0.2, 0) is 9.59 Å². The summed E-state index contributed by atoms with van der Waals surface area (Å²) in [5.74, 6) is 1.35. The van der Waals surface area contributed by atoms with E-state index in [0.29, 0.717) is 12.3 Å². The molecule has 0 saturated carbocycles. The molecule has 2 aliphatic heterocycles. The van der Waals surface area contributed by atoms with Crippen molar-refractivity contribution in [1.29, 1.82) is 0 Å². The molecule has 0 spiro atoms. The Bertz CT molecular complexity index is 881. The number of nitrogens with one attached hydrogen (secondary N) is 1. The van der Waals surface area contributed by atoms with Gasteiger partial charge in [0.15, 0.2) is 0 Å². The molecule has 8 heteroatoms. The van der Waals surface area contributed by atoms with Gasteiger partial charge in [0.2, 0.25) is 11.8 Å². The Morgan fingerprint density at radius 1 is 1.21 bits per heavy atom. The van der Waals surface area contributed by atoms with Crippen LogP contribution in [0.2, 0.25) is 0 Å². The third-order valence-corrected chi connectivity index (χ3v) is 5.21. The number of carbonyl (C=O) groups excluding carboxylic acids is 1. The molecule has 29 heavy (non-hydrogen) atoms. The predicted octanol–water partition coefficient (Wildman–Crippen LogP) is 2.87. The highest BCUT2D eigenvalue weighted by Gasteiger charge is 2.30. The number of hydrogen-bond donors (Lipinski definition) is 2. The zero-order valence-corrected chi connectivity index (χ0v) is 16.6. The van der Waals surface area contributed by atoms with Crippen LogP contribution in [0.5, 0.6) is 11.6 Å². The van der Waals surface area contributed by atoms with E-state index in [0.717, 1.165) is 41.3 Å². The summed E-state index contributed by atoms with van der Waals surface area (Å²) in [6.07, 6.45) is 4.53. The molecular weight excluding hydrogens is 374 g/mol. The summed E-state index contributed by atoms with van der Waals surface area (Å²) in [6, 6.07) is 7.99. The van der Waals surface area contributed by atoms with Crippen LogP contribution in [0.4, 0.5) is 11.4 Å². The van der Waals surface area contributed by atoms with Gasteiger partial charge in [0.25, 0.3) is 6.47 Å². The summed E-state index contributed by atoms with van der Waals surface area (Å²) < 4.78 is 10.9. The topological polar surface area (TPSA) is 101 Å². The summed E-state index contributed by atoms with van der Waals surface area (Å²) in [7, 11) is 3.28. The van der Waals surface area contributed by atoms with Crippen molar-refractivity contribution in [3.05, 3.63) is 41.6 Å². The van der Waals surface area contributed by atoms with Gasteiger partial charge < -0.3 is 24.8 Å². The minimum absolute atomic E-state index is 0.00857. The molecule has 2 aliphatic rings. The van der Waals surface area contributed by atoms with Crippen molar-refractivity contribution in [3.8, 4) is 11.6 Å². The molecule has 4 rings (SSSR count). The second-order valence-electron chi connectivity index (χ2n) is 6.85. The maximum absolute atomic E-state index is 12.3. The van der Waals surface area contributed by atoms with Gasteiger partial charge >= 0.3 is 0 Å². The molecule has 0 radical (unpaired) electrons. The third-order valence-electron chi connectivity index (χ3n) is 5.21. The van der Waals surface area contributed by atoms with Crippen LogP contribution < -0.4 is 19.7 Å². The first-order valence-corrected chi connectivity index (χ1v) is 9.45. The van der Waals surface area contributed by atoms with Crippen molar-refractivity contribution < 1.29 is 24.2 Å². The lowest BCUT2D eigenvalue weighted by atomic mass is 9.84. The molecule has 0 aliphatic carbocycles. The summed E-state index contributed by atoms with van der Waals surface area (Å²) >= 11 is 0. The molecule has 154 valence electrons. The molecule has 2 aromatic rings. The number of methoxy groups -OCH3 is 2.